The Morgan fingerprint density at radius 1 is 1.44 bits per heavy atom. The fourth-order valence-corrected chi connectivity index (χ4v) is 2.43. The van der Waals surface area contributed by atoms with Crippen LogP contribution in [0.3, 0.4) is 0 Å². The summed E-state index contributed by atoms with van der Waals surface area (Å²) < 4.78 is 0. The quantitative estimate of drug-likeness (QED) is 0.891. The molecule has 0 radical (unpaired) electrons. The summed E-state index contributed by atoms with van der Waals surface area (Å²) in [5, 5.41) is 10.1. The van der Waals surface area contributed by atoms with E-state index in [1.165, 1.54) is 23.3 Å². The Morgan fingerprint density at radius 2 is 2.11 bits per heavy atom. The zero-order chi connectivity index (χ0) is 13.1. The molecule has 0 bridgehead atoms. The van der Waals surface area contributed by atoms with Crippen LogP contribution in [0.5, 0.6) is 0 Å². The number of anilines is 1. The van der Waals surface area contributed by atoms with Crippen molar-refractivity contribution in [1.29, 1.82) is 0 Å². The number of carboxylic acid groups (broad SMARTS) is 1. The van der Waals surface area contributed by atoms with Gasteiger partial charge in [-0.2, -0.15) is 0 Å². The van der Waals surface area contributed by atoms with Crippen LogP contribution < -0.4 is 5.73 Å². The molecular weight excluding hydrogens is 250 g/mol. The van der Waals surface area contributed by atoms with Crippen molar-refractivity contribution in [1.82, 2.24) is 9.88 Å². The van der Waals surface area contributed by atoms with E-state index in [4.69, 9.17) is 10.8 Å². The van der Waals surface area contributed by atoms with Gasteiger partial charge in [-0.3, -0.25) is 0 Å². The Labute approximate surface area is 108 Å². The van der Waals surface area contributed by atoms with Gasteiger partial charge in [-0.05, 0) is 0 Å². The number of hydrogen-bond acceptors (Lipinski definition) is 4. The summed E-state index contributed by atoms with van der Waals surface area (Å²) >= 11 is 1.32. The minimum Gasteiger partial charge on any atom is -0.465 e. The van der Waals surface area contributed by atoms with E-state index in [0.29, 0.717) is 10.0 Å². The van der Waals surface area contributed by atoms with Crippen LogP contribution in [0.1, 0.15) is 5.01 Å². The van der Waals surface area contributed by atoms with Crippen molar-refractivity contribution in [2.45, 2.75) is 6.54 Å². The molecule has 5 nitrogen and oxygen atoms in total. The predicted molar refractivity (Wildman–Crippen MR) is 71.5 cm³/mol. The van der Waals surface area contributed by atoms with E-state index in [0.717, 1.165) is 11.3 Å². The molecule has 2 aromatic rings. The van der Waals surface area contributed by atoms with E-state index in [1.54, 1.807) is 0 Å². The first-order valence-electron chi connectivity index (χ1n) is 5.32. The Bertz CT molecular complexity index is 554. The van der Waals surface area contributed by atoms with Crippen LogP contribution in [0.15, 0.2) is 30.3 Å². The molecule has 0 fully saturated rings. The van der Waals surface area contributed by atoms with Gasteiger partial charge in [-0.1, -0.05) is 41.7 Å². The maximum absolute atomic E-state index is 10.7. The predicted octanol–water partition coefficient (Wildman–Crippen LogP) is 2.50. The second kappa shape index (κ2) is 5.05. The molecule has 0 saturated heterocycles. The summed E-state index contributed by atoms with van der Waals surface area (Å²) in [6.07, 6.45) is -0.981. The summed E-state index contributed by atoms with van der Waals surface area (Å²) in [7, 11) is 1.50. The van der Waals surface area contributed by atoms with Crippen LogP contribution in [-0.2, 0) is 6.54 Å². The molecule has 1 aromatic heterocycles. The molecule has 0 saturated carbocycles. The largest absolute Gasteiger partial charge is 0.465 e. The third-order valence-corrected chi connectivity index (χ3v) is 3.31. The number of nitrogen functional groups attached to an aromatic ring is 1. The van der Waals surface area contributed by atoms with E-state index in [1.807, 2.05) is 30.3 Å². The number of nitrogens with zero attached hydrogens (tertiary/aromatic N) is 2. The average Bonchev–Trinajstić information content (AvgIpc) is 2.71. The highest BCUT2D eigenvalue weighted by atomic mass is 32.1. The van der Waals surface area contributed by atoms with E-state index in [2.05, 4.69) is 4.98 Å². The van der Waals surface area contributed by atoms with Gasteiger partial charge in [-0.15, -0.1) is 0 Å². The van der Waals surface area contributed by atoms with Crippen LogP contribution >= 0.6 is 11.3 Å². The van der Waals surface area contributed by atoms with Crippen molar-refractivity contribution in [3.05, 3.63) is 35.3 Å². The summed E-state index contributed by atoms with van der Waals surface area (Å²) in [5.41, 5.74) is 7.57. The molecular formula is C12H13N3O2S. The molecule has 1 aromatic carbocycles. The minimum atomic E-state index is -0.981. The van der Waals surface area contributed by atoms with Gasteiger partial charge in [0.05, 0.1) is 6.54 Å². The summed E-state index contributed by atoms with van der Waals surface area (Å²) in [6.45, 7) is 0.247. The van der Waals surface area contributed by atoms with Crippen molar-refractivity contribution in [3.8, 4) is 11.3 Å². The second-order valence-corrected chi connectivity index (χ2v) is 4.94. The van der Waals surface area contributed by atoms with Gasteiger partial charge in [0.15, 0.2) is 0 Å². The van der Waals surface area contributed by atoms with Crippen LogP contribution in [0, 0.1) is 0 Å². The Hall–Kier alpha value is -2.08. The van der Waals surface area contributed by atoms with Crippen LogP contribution in [-0.4, -0.2) is 28.1 Å². The molecule has 0 spiro atoms. The SMILES string of the molecule is CN(Cc1nc(-c2ccccc2)c(N)s1)C(=O)O. The molecule has 0 aliphatic rings. The molecule has 0 aliphatic heterocycles. The normalized spacial score (nSPS) is 10.3. The minimum absolute atomic E-state index is 0.247. The summed E-state index contributed by atoms with van der Waals surface area (Å²) in [5.74, 6) is 0. The Kier molecular flexibility index (Phi) is 3.47. The number of nitrogens with two attached hydrogens (primary N) is 1. The molecule has 2 rings (SSSR count). The van der Waals surface area contributed by atoms with Gasteiger partial charge in [0, 0.05) is 12.6 Å². The van der Waals surface area contributed by atoms with Crippen LogP contribution in [0.4, 0.5) is 9.80 Å². The van der Waals surface area contributed by atoms with Gasteiger partial charge < -0.3 is 15.7 Å². The second-order valence-electron chi connectivity index (χ2n) is 3.83. The molecule has 94 valence electrons. The standard InChI is InChI=1S/C12H13N3O2S/c1-15(12(16)17)7-9-14-10(11(13)18-9)8-5-3-2-4-6-8/h2-6H,7,13H2,1H3,(H,16,17). The molecule has 1 heterocycles. The molecule has 18 heavy (non-hydrogen) atoms. The number of amides is 1. The fraction of sp³-hybridized carbons (Fsp3) is 0.167. The maximum atomic E-state index is 10.7. The van der Waals surface area contributed by atoms with E-state index >= 15 is 0 Å². The van der Waals surface area contributed by atoms with Crippen LogP contribution in [0.2, 0.25) is 0 Å². The van der Waals surface area contributed by atoms with Gasteiger partial charge in [-0.25, -0.2) is 9.78 Å². The molecule has 6 heteroatoms. The van der Waals surface area contributed by atoms with Crippen molar-refractivity contribution in [3.63, 3.8) is 0 Å². The van der Waals surface area contributed by atoms with Crippen LogP contribution in [0.25, 0.3) is 11.3 Å². The lowest BCUT2D eigenvalue weighted by Crippen LogP contribution is -2.23. The van der Waals surface area contributed by atoms with Crippen molar-refractivity contribution >= 4 is 22.4 Å². The molecule has 0 aliphatic carbocycles. The highest BCUT2D eigenvalue weighted by molar-refractivity contribution is 7.16. The fourth-order valence-electron chi connectivity index (χ4n) is 1.52. The smallest absolute Gasteiger partial charge is 0.407 e. The van der Waals surface area contributed by atoms with Gasteiger partial charge in [0.25, 0.3) is 0 Å². The number of rotatable bonds is 3. The summed E-state index contributed by atoms with van der Waals surface area (Å²) in [4.78, 5) is 16.3. The van der Waals surface area contributed by atoms with Gasteiger partial charge in [0.2, 0.25) is 0 Å². The summed E-state index contributed by atoms with van der Waals surface area (Å²) in [6, 6.07) is 9.60. The number of aromatic nitrogens is 1. The molecule has 0 unspecified atom stereocenters. The van der Waals surface area contributed by atoms with E-state index in [-0.39, 0.29) is 6.54 Å². The maximum Gasteiger partial charge on any atom is 0.407 e. The number of carbonyl (C=O) groups is 1. The number of thiazole rings is 1. The molecule has 0 atom stereocenters. The lowest BCUT2D eigenvalue weighted by atomic mass is 10.2. The Balaban J connectivity index is 2.25. The molecule has 1 amide bonds. The molecule has 3 N–H and O–H groups in total. The first-order chi connectivity index (χ1) is 8.58. The van der Waals surface area contributed by atoms with Crippen molar-refractivity contribution in [2.24, 2.45) is 0 Å². The topological polar surface area (TPSA) is 79.5 Å². The monoisotopic (exact) mass is 263 g/mol. The van der Waals surface area contributed by atoms with Crippen molar-refractivity contribution < 1.29 is 9.90 Å². The third kappa shape index (κ3) is 2.60. The highest BCUT2D eigenvalue weighted by Crippen LogP contribution is 2.30. The van der Waals surface area contributed by atoms with E-state index in [9.17, 15) is 4.79 Å². The van der Waals surface area contributed by atoms with Gasteiger partial charge in [0.1, 0.15) is 15.7 Å². The number of benzene rings is 1. The van der Waals surface area contributed by atoms with E-state index < -0.39 is 6.09 Å². The van der Waals surface area contributed by atoms with Gasteiger partial charge >= 0.3 is 6.09 Å². The Morgan fingerprint density at radius 3 is 2.72 bits per heavy atom. The number of hydrogen-bond donors (Lipinski definition) is 2. The first-order valence-corrected chi connectivity index (χ1v) is 6.14. The lowest BCUT2D eigenvalue weighted by Gasteiger charge is -2.09. The third-order valence-electron chi connectivity index (χ3n) is 2.44. The first kappa shape index (κ1) is 12.4. The lowest BCUT2D eigenvalue weighted by molar-refractivity contribution is 0.153. The zero-order valence-corrected chi connectivity index (χ0v) is 10.6. The van der Waals surface area contributed by atoms with Crippen molar-refractivity contribution in [2.75, 3.05) is 12.8 Å². The highest BCUT2D eigenvalue weighted by Gasteiger charge is 2.13. The average molecular weight is 263 g/mol. The zero-order valence-electron chi connectivity index (χ0n) is 9.83.